The van der Waals surface area contributed by atoms with Crippen molar-refractivity contribution in [3.8, 4) is 0 Å². The molecule has 0 bridgehead atoms. The van der Waals surface area contributed by atoms with E-state index in [0.717, 1.165) is 45.3 Å². The van der Waals surface area contributed by atoms with Gasteiger partial charge >= 0.3 is 0 Å². The van der Waals surface area contributed by atoms with Gasteiger partial charge in [-0.25, -0.2) is 4.98 Å². The van der Waals surface area contributed by atoms with Crippen LogP contribution in [0.25, 0.3) is 0 Å². The number of aromatic nitrogens is 2. The molecule has 0 unspecified atom stereocenters. The van der Waals surface area contributed by atoms with Crippen LogP contribution in [0.5, 0.6) is 0 Å². The molecule has 1 aliphatic carbocycles. The maximum atomic E-state index is 12.4. The lowest BCUT2D eigenvalue weighted by molar-refractivity contribution is 0.421. The predicted molar refractivity (Wildman–Crippen MR) is 75.7 cm³/mol. The van der Waals surface area contributed by atoms with Gasteiger partial charge in [0, 0.05) is 37.6 Å². The second-order valence-electron chi connectivity index (χ2n) is 5.51. The third-order valence-corrected chi connectivity index (χ3v) is 4.08. The molecular weight excluding hydrogens is 240 g/mol. The van der Waals surface area contributed by atoms with Crippen LogP contribution in [0.4, 0.5) is 5.82 Å². The van der Waals surface area contributed by atoms with E-state index in [0.29, 0.717) is 17.9 Å². The van der Waals surface area contributed by atoms with Crippen molar-refractivity contribution in [2.45, 2.75) is 44.7 Å². The monoisotopic (exact) mass is 262 g/mol. The number of nitrogens with one attached hydrogen (secondary N) is 1. The third-order valence-electron chi connectivity index (χ3n) is 4.08. The fraction of sp³-hybridized carbons (Fsp3) is 0.714. The number of nitrogens with zero attached hydrogens (tertiary/aromatic N) is 3. The summed E-state index contributed by atoms with van der Waals surface area (Å²) >= 11 is 0. The zero-order valence-electron chi connectivity index (χ0n) is 11.5. The molecule has 0 amide bonds. The van der Waals surface area contributed by atoms with Gasteiger partial charge in [0.1, 0.15) is 0 Å². The van der Waals surface area contributed by atoms with E-state index in [2.05, 4.69) is 22.1 Å². The summed E-state index contributed by atoms with van der Waals surface area (Å²) in [7, 11) is 0. The van der Waals surface area contributed by atoms with Gasteiger partial charge in [-0.3, -0.25) is 4.79 Å². The molecule has 0 radical (unpaired) electrons. The van der Waals surface area contributed by atoms with E-state index in [9.17, 15) is 4.79 Å². The number of anilines is 1. The summed E-state index contributed by atoms with van der Waals surface area (Å²) in [6.45, 7) is 5.01. The normalized spacial score (nSPS) is 20.8. The molecule has 1 saturated heterocycles. The van der Waals surface area contributed by atoms with E-state index < -0.39 is 0 Å². The van der Waals surface area contributed by atoms with Gasteiger partial charge in [-0.05, 0) is 32.2 Å². The van der Waals surface area contributed by atoms with E-state index in [-0.39, 0.29) is 5.56 Å². The number of hydrogen-bond donors (Lipinski definition) is 1. The Hall–Kier alpha value is -1.36. The van der Waals surface area contributed by atoms with E-state index in [4.69, 9.17) is 0 Å². The molecule has 1 aromatic heterocycles. The van der Waals surface area contributed by atoms with Gasteiger partial charge in [-0.2, -0.15) is 0 Å². The van der Waals surface area contributed by atoms with Crippen molar-refractivity contribution in [2.75, 3.05) is 24.5 Å². The average molecular weight is 262 g/mol. The summed E-state index contributed by atoms with van der Waals surface area (Å²) in [5, 5.41) is 3.48. The Balaban J connectivity index is 1.73. The third kappa shape index (κ3) is 2.66. The SMILES string of the molecule is CCNC1CCN(c2nccn(C3CC3)c2=O)CC1. The van der Waals surface area contributed by atoms with Crippen molar-refractivity contribution in [2.24, 2.45) is 0 Å². The molecule has 19 heavy (non-hydrogen) atoms. The molecule has 2 heterocycles. The first-order chi connectivity index (χ1) is 9.29. The van der Waals surface area contributed by atoms with Crippen LogP contribution in [-0.2, 0) is 0 Å². The van der Waals surface area contributed by atoms with Crippen LogP contribution in [0.15, 0.2) is 17.2 Å². The highest BCUT2D eigenvalue weighted by Gasteiger charge is 2.27. The summed E-state index contributed by atoms with van der Waals surface area (Å²) < 4.78 is 1.86. The van der Waals surface area contributed by atoms with Crippen molar-refractivity contribution in [3.05, 3.63) is 22.7 Å². The van der Waals surface area contributed by atoms with Crippen molar-refractivity contribution in [3.63, 3.8) is 0 Å². The highest BCUT2D eigenvalue weighted by molar-refractivity contribution is 5.36. The van der Waals surface area contributed by atoms with E-state index in [1.54, 1.807) is 6.20 Å². The van der Waals surface area contributed by atoms with Crippen molar-refractivity contribution >= 4 is 5.82 Å². The van der Waals surface area contributed by atoms with Crippen molar-refractivity contribution < 1.29 is 0 Å². The largest absolute Gasteiger partial charge is 0.352 e. The summed E-state index contributed by atoms with van der Waals surface area (Å²) in [6, 6.07) is 1.02. The molecule has 5 nitrogen and oxygen atoms in total. The van der Waals surface area contributed by atoms with E-state index in [1.807, 2.05) is 10.8 Å². The molecule has 2 aliphatic rings. The zero-order chi connectivity index (χ0) is 13.2. The highest BCUT2D eigenvalue weighted by Crippen LogP contribution is 2.33. The molecule has 0 atom stereocenters. The molecular formula is C14H22N4O. The second kappa shape index (κ2) is 5.33. The minimum absolute atomic E-state index is 0.0897. The molecule has 2 fully saturated rings. The van der Waals surface area contributed by atoms with E-state index >= 15 is 0 Å². The van der Waals surface area contributed by atoms with Gasteiger partial charge in [-0.1, -0.05) is 6.92 Å². The molecule has 0 spiro atoms. The Bertz CT molecular complexity index is 486. The zero-order valence-corrected chi connectivity index (χ0v) is 11.5. The van der Waals surface area contributed by atoms with Crippen molar-refractivity contribution in [1.82, 2.24) is 14.9 Å². The number of rotatable bonds is 4. The molecule has 1 aromatic rings. The first-order valence-corrected chi connectivity index (χ1v) is 7.35. The topological polar surface area (TPSA) is 50.2 Å². The van der Waals surface area contributed by atoms with Crippen molar-refractivity contribution in [1.29, 1.82) is 0 Å². The molecule has 1 N–H and O–H groups in total. The van der Waals surface area contributed by atoms with Gasteiger partial charge in [0.2, 0.25) is 0 Å². The summed E-state index contributed by atoms with van der Waals surface area (Å²) in [5.74, 6) is 0.643. The van der Waals surface area contributed by atoms with E-state index in [1.165, 1.54) is 0 Å². The molecule has 1 aliphatic heterocycles. The summed E-state index contributed by atoms with van der Waals surface area (Å²) in [5.41, 5.74) is 0.0897. The van der Waals surface area contributed by atoms with Crippen LogP contribution in [0, 0.1) is 0 Å². The molecule has 3 rings (SSSR count). The first-order valence-electron chi connectivity index (χ1n) is 7.35. The van der Waals surface area contributed by atoms with Gasteiger partial charge in [-0.15, -0.1) is 0 Å². The second-order valence-corrected chi connectivity index (χ2v) is 5.51. The quantitative estimate of drug-likeness (QED) is 0.884. The fourth-order valence-electron chi connectivity index (χ4n) is 2.86. The van der Waals surface area contributed by atoms with Crippen LogP contribution in [0.3, 0.4) is 0 Å². The van der Waals surface area contributed by atoms with Crippen LogP contribution >= 0.6 is 0 Å². The first kappa shape index (κ1) is 12.7. The molecule has 5 heteroatoms. The lowest BCUT2D eigenvalue weighted by atomic mass is 10.1. The average Bonchev–Trinajstić information content (AvgIpc) is 3.25. The summed E-state index contributed by atoms with van der Waals surface area (Å²) in [4.78, 5) is 18.9. The Morgan fingerprint density at radius 1 is 1.32 bits per heavy atom. The lowest BCUT2D eigenvalue weighted by Crippen LogP contribution is -2.44. The minimum atomic E-state index is 0.0897. The predicted octanol–water partition coefficient (Wildman–Crippen LogP) is 1.16. The van der Waals surface area contributed by atoms with Gasteiger partial charge < -0.3 is 14.8 Å². The van der Waals surface area contributed by atoms with Crippen LogP contribution in [0.2, 0.25) is 0 Å². The fourth-order valence-corrected chi connectivity index (χ4v) is 2.86. The smallest absolute Gasteiger partial charge is 0.293 e. The summed E-state index contributed by atoms with van der Waals surface area (Å²) in [6.07, 6.45) is 8.04. The maximum absolute atomic E-state index is 12.4. The van der Waals surface area contributed by atoms with Gasteiger partial charge in [0.25, 0.3) is 5.56 Å². The maximum Gasteiger partial charge on any atom is 0.293 e. The van der Waals surface area contributed by atoms with Crippen LogP contribution < -0.4 is 15.8 Å². The molecule has 1 saturated carbocycles. The Kier molecular flexibility index (Phi) is 3.55. The number of piperidine rings is 1. The molecule has 0 aromatic carbocycles. The lowest BCUT2D eigenvalue weighted by Gasteiger charge is -2.32. The highest BCUT2D eigenvalue weighted by atomic mass is 16.1. The Labute approximate surface area is 113 Å². The molecule has 104 valence electrons. The Morgan fingerprint density at radius 3 is 2.68 bits per heavy atom. The van der Waals surface area contributed by atoms with Crippen LogP contribution in [0.1, 0.15) is 38.6 Å². The number of hydrogen-bond acceptors (Lipinski definition) is 4. The standard InChI is InChI=1S/C14H22N4O/c1-2-15-11-5-8-17(9-6-11)13-14(19)18(10-7-16-13)12-3-4-12/h7,10-12,15H,2-6,8-9H2,1H3. The minimum Gasteiger partial charge on any atom is -0.352 e. The Morgan fingerprint density at radius 2 is 2.05 bits per heavy atom. The van der Waals surface area contributed by atoms with Gasteiger partial charge in [0.15, 0.2) is 5.82 Å². The van der Waals surface area contributed by atoms with Crippen LogP contribution in [-0.4, -0.2) is 35.2 Å². The van der Waals surface area contributed by atoms with Gasteiger partial charge in [0.05, 0.1) is 0 Å².